The van der Waals surface area contributed by atoms with Crippen LogP contribution in [0.4, 0.5) is 0 Å². The molecular formula is C14H18Cl2. The summed E-state index contributed by atoms with van der Waals surface area (Å²) in [6.45, 7) is 0. The Morgan fingerprint density at radius 3 is 2.56 bits per heavy atom. The first kappa shape index (κ1) is 12.3. The van der Waals surface area contributed by atoms with Gasteiger partial charge in [-0.05, 0) is 43.2 Å². The minimum absolute atomic E-state index is 0.332. The molecule has 0 aliphatic heterocycles. The fraction of sp³-hybridized carbons (Fsp3) is 0.571. The molecule has 1 aliphatic rings. The van der Waals surface area contributed by atoms with Crippen LogP contribution < -0.4 is 0 Å². The number of rotatable bonds is 4. The number of alkyl halides is 1. The van der Waals surface area contributed by atoms with Gasteiger partial charge in [0.1, 0.15) is 0 Å². The van der Waals surface area contributed by atoms with E-state index in [0.717, 1.165) is 23.8 Å². The van der Waals surface area contributed by atoms with Crippen molar-refractivity contribution < 1.29 is 0 Å². The Morgan fingerprint density at radius 2 is 1.88 bits per heavy atom. The van der Waals surface area contributed by atoms with Crippen LogP contribution in [0.25, 0.3) is 0 Å². The molecule has 1 fully saturated rings. The van der Waals surface area contributed by atoms with Gasteiger partial charge in [0, 0.05) is 10.4 Å². The molecule has 0 nitrogen and oxygen atoms in total. The third-order valence-electron chi connectivity index (χ3n) is 3.56. The highest BCUT2D eigenvalue weighted by atomic mass is 35.5. The van der Waals surface area contributed by atoms with Crippen molar-refractivity contribution in [1.29, 1.82) is 0 Å². The van der Waals surface area contributed by atoms with Gasteiger partial charge < -0.3 is 0 Å². The third-order valence-corrected chi connectivity index (χ3v) is 4.50. The Morgan fingerprint density at radius 1 is 1.19 bits per heavy atom. The molecule has 1 atom stereocenters. The fourth-order valence-electron chi connectivity index (χ4n) is 2.55. The van der Waals surface area contributed by atoms with Crippen LogP contribution in [0, 0.1) is 5.92 Å². The predicted octanol–water partition coefficient (Wildman–Crippen LogP) is 5.07. The summed E-state index contributed by atoms with van der Waals surface area (Å²) < 4.78 is 0. The summed E-state index contributed by atoms with van der Waals surface area (Å²) in [5.41, 5.74) is 1.23. The Bertz CT molecular complexity index is 329. The Labute approximate surface area is 108 Å². The van der Waals surface area contributed by atoms with Gasteiger partial charge >= 0.3 is 0 Å². The SMILES string of the molecule is Clc1ccccc1CCC(Cl)C1CCCC1. The van der Waals surface area contributed by atoms with Gasteiger partial charge in [-0.1, -0.05) is 42.6 Å². The van der Waals surface area contributed by atoms with Gasteiger partial charge in [-0.15, -0.1) is 11.6 Å². The van der Waals surface area contributed by atoms with Gasteiger partial charge in [0.25, 0.3) is 0 Å². The summed E-state index contributed by atoms with van der Waals surface area (Å²) in [4.78, 5) is 0. The van der Waals surface area contributed by atoms with Crippen molar-refractivity contribution >= 4 is 23.2 Å². The zero-order chi connectivity index (χ0) is 11.4. The van der Waals surface area contributed by atoms with Gasteiger partial charge in [-0.25, -0.2) is 0 Å². The number of benzene rings is 1. The molecule has 0 bridgehead atoms. The summed E-state index contributed by atoms with van der Waals surface area (Å²) >= 11 is 12.6. The molecular weight excluding hydrogens is 239 g/mol. The van der Waals surface area contributed by atoms with Crippen molar-refractivity contribution in [3.05, 3.63) is 34.9 Å². The minimum Gasteiger partial charge on any atom is -0.123 e. The van der Waals surface area contributed by atoms with E-state index < -0.39 is 0 Å². The van der Waals surface area contributed by atoms with E-state index in [1.165, 1.54) is 31.2 Å². The molecule has 1 unspecified atom stereocenters. The van der Waals surface area contributed by atoms with Crippen molar-refractivity contribution in [2.24, 2.45) is 5.92 Å². The molecule has 0 amide bonds. The zero-order valence-corrected chi connectivity index (χ0v) is 11.0. The zero-order valence-electron chi connectivity index (χ0n) is 9.46. The topological polar surface area (TPSA) is 0 Å². The molecule has 2 rings (SSSR count). The summed E-state index contributed by atoms with van der Waals surface area (Å²) in [6, 6.07) is 8.07. The number of hydrogen-bond acceptors (Lipinski definition) is 0. The van der Waals surface area contributed by atoms with Crippen molar-refractivity contribution in [3.8, 4) is 0 Å². The van der Waals surface area contributed by atoms with Crippen LogP contribution in [-0.2, 0) is 6.42 Å². The Hall–Kier alpha value is -0.200. The second-order valence-corrected chi connectivity index (χ2v) is 5.66. The van der Waals surface area contributed by atoms with E-state index in [0.29, 0.717) is 5.38 Å². The molecule has 0 aromatic heterocycles. The van der Waals surface area contributed by atoms with Gasteiger partial charge in [0.15, 0.2) is 0 Å². The second-order valence-electron chi connectivity index (χ2n) is 4.69. The fourth-order valence-corrected chi connectivity index (χ4v) is 3.14. The van der Waals surface area contributed by atoms with Crippen molar-refractivity contribution in [3.63, 3.8) is 0 Å². The molecule has 2 heteroatoms. The van der Waals surface area contributed by atoms with E-state index in [1.54, 1.807) is 0 Å². The summed E-state index contributed by atoms with van der Waals surface area (Å²) in [5.74, 6) is 0.740. The second kappa shape index (κ2) is 5.93. The molecule has 0 N–H and O–H groups in total. The largest absolute Gasteiger partial charge is 0.123 e. The number of halogens is 2. The number of hydrogen-bond donors (Lipinski definition) is 0. The highest BCUT2D eigenvalue weighted by Crippen LogP contribution is 2.33. The van der Waals surface area contributed by atoms with Gasteiger partial charge in [0.2, 0.25) is 0 Å². The van der Waals surface area contributed by atoms with Crippen LogP contribution >= 0.6 is 23.2 Å². The first-order chi connectivity index (χ1) is 7.77. The van der Waals surface area contributed by atoms with Crippen molar-refractivity contribution in [2.75, 3.05) is 0 Å². The maximum Gasteiger partial charge on any atom is 0.0437 e. The highest BCUT2D eigenvalue weighted by molar-refractivity contribution is 6.31. The molecule has 0 radical (unpaired) electrons. The predicted molar refractivity (Wildman–Crippen MR) is 71.4 cm³/mol. The van der Waals surface area contributed by atoms with Crippen LogP contribution in [-0.4, -0.2) is 5.38 Å². The van der Waals surface area contributed by atoms with Gasteiger partial charge in [0.05, 0.1) is 0 Å². The van der Waals surface area contributed by atoms with Crippen molar-refractivity contribution in [1.82, 2.24) is 0 Å². The van der Waals surface area contributed by atoms with Crippen LogP contribution in [0.1, 0.15) is 37.7 Å². The van der Waals surface area contributed by atoms with Gasteiger partial charge in [-0.2, -0.15) is 0 Å². The summed E-state index contributed by atoms with van der Waals surface area (Å²) in [7, 11) is 0. The molecule has 0 saturated heterocycles. The van der Waals surface area contributed by atoms with E-state index >= 15 is 0 Å². The normalized spacial score (nSPS) is 18.9. The molecule has 16 heavy (non-hydrogen) atoms. The summed E-state index contributed by atoms with van der Waals surface area (Å²) in [6.07, 6.45) is 7.41. The molecule has 1 aromatic rings. The van der Waals surface area contributed by atoms with Crippen LogP contribution in [0.15, 0.2) is 24.3 Å². The molecule has 0 spiro atoms. The van der Waals surface area contributed by atoms with Crippen LogP contribution in [0.2, 0.25) is 5.02 Å². The van der Waals surface area contributed by atoms with E-state index in [4.69, 9.17) is 23.2 Å². The molecule has 1 aliphatic carbocycles. The maximum absolute atomic E-state index is 6.45. The standard InChI is InChI=1S/C14H18Cl2/c15-13-8-4-3-7-12(13)9-10-14(16)11-5-1-2-6-11/h3-4,7-8,11,14H,1-2,5-6,9-10H2. The summed E-state index contributed by atoms with van der Waals surface area (Å²) in [5, 5.41) is 1.21. The Balaban J connectivity index is 1.84. The van der Waals surface area contributed by atoms with E-state index in [1.807, 2.05) is 18.2 Å². The lowest BCUT2D eigenvalue weighted by atomic mass is 9.98. The smallest absolute Gasteiger partial charge is 0.0437 e. The first-order valence-corrected chi connectivity index (χ1v) is 6.96. The first-order valence-electron chi connectivity index (χ1n) is 6.15. The third kappa shape index (κ3) is 3.15. The Kier molecular flexibility index (Phi) is 4.55. The average molecular weight is 257 g/mol. The molecule has 88 valence electrons. The lowest BCUT2D eigenvalue weighted by Gasteiger charge is -2.16. The van der Waals surface area contributed by atoms with E-state index in [2.05, 4.69) is 6.07 Å². The maximum atomic E-state index is 6.45. The highest BCUT2D eigenvalue weighted by Gasteiger charge is 2.22. The van der Waals surface area contributed by atoms with Crippen LogP contribution in [0.3, 0.4) is 0 Å². The van der Waals surface area contributed by atoms with E-state index in [-0.39, 0.29) is 0 Å². The average Bonchev–Trinajstić information content (AvgIpc) is 2.81. The lowest BCUT2D eigenvalue weighted by Crippen LogP contribution is -2.12. The minimum atomic E-state index is 0.332. The quantitative estimate of drug-likeness (QED) is 0.660. The number of aryl methyl sites for hydroxylation is 1. The molecule has 1 aromatic carbocycles. The van der Waals surface area contributed by atoms with Crippen LogP contribution in [0.5, 0.6) is 0 Å². The lowest BCUT2D eigenvalue weighted by molar-refractivity contribution is 0.492. The van der Waals surface area contributed by atoms with Gasteiger partial charge in [-0.3, -0.25) is 0 Å². The monoisotopic (exact) mass is 256 g/mol. The molecule has 0 heterocycles. The van der Waals surface area contributed by atoms with E-state index in [9.17, 15) is 0 Å². The van der Waals surface area contributed by atoms with Crippen molar-refractivity contribution in [2.45, 2.75) is 43.9 Å². The molecule has 1 saturated carbocycles.